The van der Waals surface area contributed by atoms with E-state index in [0.29, 0.717) is 5.92 Å². The number of anilines is 1. The van der Waals surface area contributed by atoms with Crippen molar-refractivity contribution in [2.24, 2.45) is 5.92 Å². The molecule has 1 aliphatic rings. The van der Waals surface area contributed by atoms with Crippen LogP contribution in [0.15, 0.2) is 28.7 Å². The number of piperidine rings is 1. The molecule has 1 fully saturated rings. The van der Waals surface area contributed by atoms with Gasteiger partial charge in [-0.2, -0.15) is 4.98 Å². The molecule has 4 nitrogen and oxygen atoms in total. The van der Waals surface area contributed by atoms with Crippen LogP contribution < -0.4 is 10.2 Å². The second-order valence-electron chi connectivity index (χ2n) is 5.06. The molecule has 1 saturated heterocycles. The number of nitrogens with zero attached hydrogens (tertiary/aromatic N) is 2. The summed E-state index contributed by atoms with van der Waals surface area (Å²) in [6.07, 6.45) is 2.56. The van der Waals surface area contributed by atoms with E-state index in [1.807, 2.05) is 24.3 Å². The summed E-state index contributed by atoms with van der Waals surface area (Å²) in [6, 6.07) is 8.63. The Morgan fingerprint density at radius 1 is 1.44 bits per heavy atom. The molecule has 0 aliphatic carbocycles. The summed E-state index contributed by atoms with van der Waals surface area (Å²) in [6.45, 7) is 3.26. The van der Waals surface area contributed by atoms with Gasteiger partial charge in [-0.25, -0.2) is 0 Å². The number of nitrogens with one attached hydrogen (secondary N) is 1. The first-order valence-corrected chi connectivity index (χ1v) is 6.60. The summed E-state index contributed by atoms with van der Waals surface area (Å²) in [5.74, 6) is 0.693. The minimum absolute atomic E-state index is 0.693. The van der Waals surface area contributed by atoms with E-state index < -0.39 is 0 Å². The van der Waals surface area contributed by atoms with Gasteiger partial charge < -0.3 is 14.6 Å². The third-order valence-corrected chi connectivity index (χ3v) is 3.54. The van der Waals surface area contributed by atoms with Crippen LogP contribution in [0.1, 0.15) is 12.8 Å². The van der Waals surface area contributed by atoms with Crippen molar-refractivity contribution >= 4 is 17.1 Å². The van der Waals surface area contributed by atoms with E-state index in [4.69, 9.17) is 4.42 Å². The molecule has 0 unspecified atom stereocenters. The van der Waals surface area contributed by atoms with Crippen molar-refractivity contribution in [2.45, 2.75) is 12.8 Å². The van der Waals surface area contributed by atoms with Gasteiger partial charge in [0.25, 0.3) is 6.01 Å². The predicted molar refractivity (Wildman–Crippen MR) is 72.9 cm³/mol. The highest BCUT2D eigenvalue weighted by Crippen LogP contribution is 2.22. The molecule has 0 spiro atoms. The Balaban J connectivity index is 1.72. The van der Waals surface area contributed by atoms with E-state index in [9.17, 15) is 0 Å². The number of hydrogen-bond acceptors (Lipinski definition) is 4. The molecule has 1 aromatic heterocycles. The Morgan fingerprint density at radius 3 is 3.11 bits per heavy atom. The molecule has 3 rings (SSSR count). The molecule has 1 aliphatic heterocycles. The van der Waals surface area contributed by atoms with E-state index in [2.05, 4.69) is 22.2 Å². The van der Waals surface area contributed by atoms with Gasteiger partial charge >= 0.3 is 0 Å². The van der Waals surface area contributed by atoms with Crippen molar-refractivity contribution in [1.82, 2.24) is 10.3 Å². The molecule has 2 aromatic rings. The highest BCUT2D eigenvalue weighted by molar-refractivity contribution is 5.74. The maximum atomic E-state index is 5.77. The average molecular weight is 245 g/mol. The fraction of sp³-hybridized carbons (Fsp3) is 0.500. The van der Waals surface area contributed by atoms with Gasteiger partial charge in [-0.3, -0.25) is 0 Å². The molecule has 4 heteroatoms. The van der Waals surface area contributed by atoms with Crippen LogP contribution in [-0.4, -0.2) is 31.7 Å². The topological polar surface area (TPSA) is 41.3 Å². The Hall–Kier alpha value is -1.55. The summed E-state index contributed by atoms with van der Waals surface area (Å²) in [7, 11) is 2.05. The van der Waals surface area contributed by atoms with Crippen molar-refractivity contribution in [3.05, 3.63) is 24.3 Å². The molecule has 1 atom stereocenters. The van der Waals surface area contributed by atoms with Crippen LogP contribution in [0.3, 0.4) is 0 Å². The molecule has 18 heavy (non-hydrogen) atoms. The zero-order valence-corrected chi connectivity index (χ0v) is 10.7. The Bertz CT molecular complexity index is 483. The lowest BCUT2D eigenvalue weighted by atomic mass is 9.99. The van der Waals surface area contributed by atoms with Crippen molar-refractivity contribution in [3.63, 3.8) is 0 Å². The molecule has 2 heterocycles. The second-order valence-corrected chi connectivity index (χ2v) is 5.06. The Morgan fingerprint density at radius 2 is 2.33 bits per heavy atom. The van der Waals surface area contributed by atoms with Gasteiger partial charge in [0.05, 0.1) is 0 Å². The number of oxazole rings is 1. The highest BCUT2D eigenvalue weighted by Gasteiger charge is 2.17. The molecule has 0 bridgehead atoms. The fourth-order valence-corrected chi connectivity index (χ4v) is 2.57. The maximum absolute atomic E-state index is 5.77. The molecular weight excluding hydrogens is 226 g/mol. The van der Waals surface area contributed by atoms with Crippen LogP contribution in [0, 0.1) is 5.92 Å². The van der Waals surface area contributed by atoms with Gasteiger partial charge in [0.15, 0.2) is 5.58 Å². The lowest BCUT2D eigenvalue weighted by Gasteiger charge is -2.26. The lowest BCUT2D eigenvalue weighted by Crippen LogP contribution is -2.36. The van der Waals surface area contributed by atoms with Gasteiger partial charge in [0, 0.05) is 13.6 Å². The first kappa shape index (κ1) is 11.5. The van der Waals surface area contributed by atoms with Gasteiger partial charge in [-0.05, 0) is 44.0 Å². The van der Waals surface area contributed by atoms with E-state index in [1.165, 1.54) is 12.8 Å². The third kappa shape index (κ3) is 2.34. The van der Waals surface area contributed by atoms with E-state index in [0.717, 1.165) is 36.7 Å². The van der Waals surface area contributed by atoms with Crippen LogP contribution in [-0.2, 0) is 0 Å². The second kappa shape index (κ2) is 4.98. The van der Waals surface area contributed by atoms with E-state index >= 15 is 0 Å². The third-order valence-electron chi connectivity index (χ3n) is 3.54. The number of para-hydroxylation sites is 2. The first-order chi connectivity index (χ1) is 8.83. The number of fused-ring (bicyclic) bond motifs is 1. The normalized spacial score (nSPS) is 20.2. The van der Waals surface area contributed by atoms with Gasteiger partial charge in [0.1, 0.15) is 5.52 Å². The zero-order valence-electron chi connectivity index (χ0n) is 10.7. The van der Waals surface area contributed by atoms with Crippen molar-refractivity contribution < 1.29 is 4.42 Å². The smallest absolute Gasteiger partial charge is 0.298 e. The number of rotatable bonds is 3. The molecule has 0 amide bonds. The highest BCUT2D eigenvalue weighted by atomic mass is 16.4. The van der Waals surface area contributed by atoms with Crippen LogP contribution in [0.2, 0.25) is 0 Å². The quantitative estimate of drug-likeness (QED) is 0.900. The summed E-state index contributed by atoms with van der Waals surface area (Å²) < 4.78 is 5.77. The fourth-order valence-electron chi connectivity index (χ4n) is 2.57. The number of benzene rings is 1. The molecule has 0 radical (unpaired) electrons. The van der Waals surface area contributed by atoms with E-state index in [1.54, 1.807) is 0 Å². The predicted octanol–water partition coefficient (Wildman–Crippen LogP) is 2.26. The molecular formula is C14H19N3O. The average Bonchev–Trinajstić information content (AvgIpc) is 2.84. The summed E-state index contributed by atoms with van der Waals surface area (Å²) in [5, 5.41) is 3.44. The lowest BCUT2D eigenvalue weighted by molar-refractivity contribution is 0.375. The van der Waals surface area contributed by atoms with E-state index in [-0.39, 0.29) is 0 Å². The molecule has 1 N–H and O–H groups in total. The SMILES string of the molecule is CN(C[C@H]1CCCNC1)c1nc2ccccc2o1. The number of hydrogen-bond donors (Lipinski definition) is 1. The van der Waals surface area contributed by atoms with Crippen molar-refractivity contribution in [2.75, 3.05) is 31.6 Å². The van der Waals surface area contributed by atoms with Crippen molar-refractivity contribution in [3.8, 4) is 0 Å². The Kier molecular flexibility index (Phi) is 3.19. The largest absolute Gasteiger partial charge is 0.423 e. The van der Waals surface area contributed by atoms with Gasteiger partial charge in [-0.15, -0.1) is 0 Å². The van der Waals surface area contributed by atoms with Crippen LogP contribution in [0.4, 0.5) is 6.01 Å². The molecule has 96 valence electrons. The summed E-state index contributed by atoms with van der Waals surface area (Å²) in [4.78, 5) is 6.64. The maximum Gasteiger partial charge on any atom is 0.298 e. The van der Waals surface area contributed by atoms with Gasteiger partial charge in [-0.1, -0.05) is 12.1 Å². The van der Waals surface area contributed by atoms with Crippen LogP contribution in [0.5, 0.6) is 0 Å². The first-order valence-electron chi connectivity index (χ1n) is 6.60. The minimum Gasteiger partial charge on any atom is -0.423 e. The van der Waals surface area contributed by atoms with Crippen LogP contribution in [0.25, 0.3) is 11.1 Å². The molecule has 1 aromatic carbocycles. The van der Waals surface area contributed by atoms with Gasteiger partial charge in [0.2, 0.25) is 0 Å². The Labute approximate surface area is 107 Å². The standard InChI is InChI=1S/C14H19N3O/c1-17(10-11-5-4-8-15-9-11)14-16-12-6-2-3-7-13(12)18-14/h2-3,6-7,11,15H,4-5,8-10H2,1H3/t11-/m0/s1. The number of aromatic nitrogens is 1. The summed E-state index contributed by atoms with van der Waals surface area (Å²) in [5.41, 5.74) is 1.79. The minimum atomic E-state index is 0.693. The van der Waals surface area contributed by atoms with Crippen molar-refractivity contribution in [1.29, 1.82) is 0 Å². The monoisotopic (exact) mass is 245 g/mol. The zero-order chi connectivity index (χ0) is 12.4. The van der Waals surface area contributed by atoms with Crippen LogP contribution >= 0.6 is 0 Å². The molecule has 0 saturated carbocycles. The summed E-state index contributed by atoms with van der Waals surface area (Å²) >= 11 is 0.